The highest BCUT2D eigenvalue weighted by Gasteiger charge is 1.93. The molecule has 0 radical (unpaired) electrons. The van der Waals surface area contributed by atoms with E-state index in [0.29, 0.717) is 5.92 Å². The average molecular weight is 317 g/mol. The summed E-state index contributed by atoms with van der Waals surface area (Å²) in [5.74, 6) is 0.659. The maximum absolute atomic E-state index is 3.62. The lowest BCUT2D eigenvalue weighted by Gasteiger charge is -2.01. The third-order valence-electron chi connectivity index (χ3n) is 2.65. The molecule has 0 aliphatic rings. The molecule has 0 nitrogen and oxygen atoms in total. The molecule has 0 aliphatic heterocycles. The third-order valence-corrected chi connectivity index (χ3v) is 2.65. The van der Waals surface area contributed by atoms with Crippen molar-refractivity contribution in [3.8, 4) is 0 Å². The lowest BCUT2D eigenvalue weighted by molar-refractivity contribution is 0.867. The summed E-state index contributed by atoms with van der Waals surface area (Å²) >= 11 is 0. The van der Waals surface area contributed by atoms with Crippen molar-refractivity contribution in [1.29, 1.82) is 0 Å². The second-order valence-electron chi connectivity index (χ2n) is 4.49. The molecule has 0 saturated carbocycles. The van der Waals surface area contributed by atoms with Crippen molar-refractivity contribution in [3.05, 3.63) is 85.0 Å². The van der Waals surface area contributed by atoms with E-state index in [4.69, 9.17) is 0 Å². The Morgan fingerprint density at radius 2 is 1.52 bits per heavy atom. The first-order valence-corrected chi connectivity index (χ1v) is 7.81. The molecule has 132 valence electrons. The number of rotatable bonds is 5. The molecule has 1 aromatic rings. The van der Waals surface area contributed by atoms with Crippen LogP contribution < -0.4 is 0 Å². The van der Waals surface area contributed by atoms with Gasteiger partial charge < -0.3 is 0 Å². The molecule has 0 saturated heterocycles. The fourth-order valence-corrected chi connectivity index (χ4v) is 1.47. The summed E-state index contributed by atoms with van der Waals surface area (Å²) in [5, 5.41) is 0. The van der Waals surface area contributed by atoms with Gasteiger partial charge in [-0.1, -0.05) is 123 Å². The number of allylic oxidation sites excluding steroid dienone is 6. The quantitative estimate of drug-likeness (QED) is 0.479. The number of hydrogen-bond acceptors (Lipinski definition) is 0. The van der Waals surface area contributed by atoms with Gasteiger partial charge in [-0.2, -0.15) is 0 Å². The molecule has 0 unspecified atom stereocenters. The maximum Gasteiger partial charge on any atom is -0.0219 e. The molecule has 0 fully saturated rings. The van der Waals surface area contributed by atoms with E-state index in [1.807, 2.05) is 38.1 Å². The maximum atomic E-state index is 3.62. The Labute approximate surface area is 147 Å². The molecule has 0 heteroatoms. The molecule has 0 aromatic heterocycles. The van der Waals surface area contributed by atoms with Crippen molar-refractivity contribution in [2.24, 2.45) is 0 Å². The van der Waals surface area contributed by atoms with Crippen molar-refractivity contribution < 1.29 is 0 Å². The van der Waals surface area contributed by atoms with Crippen molar-refractivity contribution in [2.45, 2.75) is 61.8 Å². The highest BCUT2D eigenvalue weighted by atomic mass is 14.0. The van der Waals surface area contributed by atoms with Gasteiger partial charge in [0.05, 0.1) is 0 Å². The summed E-state index contributed by atoms with van der Waals surface area (Å²) in [6.45, 7) is 17.7. The van der Waals surface area contributed by atoms with Gasteiger partial charge in [0.15, 0.2) is 0 Å². The Kier molecular flexibility index (Phi) is 28.5. The molecule has 0 aliphatic carbocycles. The summed E-state index contributed by atoms with van der Waals surface area (Å²) in [6, 6.07) is 10.5. The molecule has 1 rings (SSSR count). The van der Waals surface area contributed by atoms with E-state index in [0.717, 1.165) is 6.42 Å². The van der Waals surface area contributed by atoms with E-state index in [-0.39, 0.29) is 14.9 Å². The van der Waals surface area contributed by atoms with Crippen LogP contribution in [0.4, 0.5) is 0 Å². The average Bonchev–Trinajstić information content (AvgIpc) is 2.54. The molecule has 0 heterocycles. The minimum absolute atomic E-state index is 0. The van der Waals surface area contributed by atoms with Crippen LogP contribution in [0.15, 0.2) is 79.4 Å². The largest absolute Gasteiger partial charge is 0.0991 e. The highest BCUT2D eigenvalue weighted by Crippen LogP contribution is 2.11. The lowest BCUT2D eigenvalue weighted by Crippen LogP contribution is -1.83. The Morgan fingerprint density at radius 3 is 1.83 bits per heavy atom. The minimum Gasteiger partial charge on any atom is -0.0991 e. The molecule has 0 N–H and O–H groups in total. The first kappa shape index (κ1) is 29.2. The van der Waals surface area contributed by atoms with Crippen LogP contribution in [0.2, 0.25) is 0 Å². The van der Waals surface area contributed by atoms with Crippen LogP contribution in [0, 0.1) is 0 Å². The molecule has 23 heavy (non-hydrogen) atoms. The molecular formula is C23H40. The van der Waals surface area contributed by atoms with Gasteiger partial charge in [0.25, 0.3) is 0 Å². The van der Waals surface area contributed by atoms with Gasteiger partial charge in [0, 0.05) is 0 Å². The van der Waals surface area contributed by atoms with Crippen LogP contribution in [0.1, 0.15) is 67.4 Å². The van der Waals surface area contributed by atoms with Crippen molar-refractivity contribution in [1.82, 2.24) is 0 Å². The Morgan fingerprint density at radius 1 is 1.00 bits per heavy atom. The lowest BCUT2D eigenvalue weighted by atomic mass is 10.0. The second-order valence-corrected chi connectivity index (χ2v) is 4.49. The fourth-order valence-electron chi connectivity index (χ4n) is 1.47. The summed E-state index contributed by atoms with van der Waals surface area (Å²) in [4.78, 5) is 0. The van der Waals surface area contributed by atoms with Gasteiger partial charge in [-0.3, -0.25) is 0 Å². The zero-order valence-corrected chi connectivity index (χ0v) is 14.5. The van der Waals surface area contributed by atoms with Crippen molar-refractivity contribution in [3.63, 3.8) is 0 Å². The predicted molar refractivity (Wildman–Crippen MR) is 113 cm³/mol. The van der Waals surface area contributed by atoms with E-state index in [2.05, 4.69) is 58.2 Å². The van der Waals surface area contributed by atoms with Crippen molar-refractivity contribution >= 4 is 0 Å². The molecule has 0 bridgehead atoms. The molecule has 0 spiro atoms. The van der Waals surface area contributed by atoms with Gasteiger partial charge >= 0.3 is 0 Å². The summed E-state index contributed by atoms with van der Waals surface area (Å²) < 4.78 is 0. The Balaban J connectivity index is -0.000000131. The van der Waals surface area contributed by atoms with E-state index in [9.17, 15) is 0 Å². The molecule has 1 aromatic carbocycles. The topological polar surface area (TPSA) is 0 Å². The zero-order valence-electron chi connectivity index (χ0n) is 14.5. The second kappa shape index (κ2) is 22.5. The van der Waals surface area contributed by atoms with Crippen LogP contribution in [0.5, 0.6) is 0 Å². The monoisotopic (exact) mass is 316 g/mol. The third kappa shape index (κ3) is 18.1. The van der Waals surface area contributed by atoms with Crippen molar-refractivity contribution in [2.75, 3.05) is 0 Å². The van der Waals surface area contributed by atoms with Gasteiger partial charge in [-0.25, -0.2) is 0 Å². The van der Waals surface area contributed by atoms with Crippen LogP contribution in [-0.2, 0) is 0 Å². The van der Waals surface area contributed by atoms with Gasteiger partial charge in [-0.15, -0.1) is 0 Å². The standard InChI is InChI=1S/C10H14.C9H12.C2H6.2CH4/c1-4-7-9-10(6-3)8-5-2;1-8(2)9-6-4-3-5-7-9;1-2;;/h4-5,7-9H,1-2,6H2,3H3;3-8H,1-2H3;1-2H3;2*1H4/b9-7-,10-8-;;;;. The van der Waals surface area contributed by atoms with Gasteiger partial charge in [-0.05, 0) is 23.5 Å². The fraction of sp³-hybridized carbons (Fsp3) is 0.391. The van der Waals surface area contributed by atoms with E-state index in [1.54, 1.807) is 12.2 Å². The number of hydrogen-bond donors (Lipinski definition) is 0. The molecule has 0 atom stereocenters. The normalized spacial score (nSPS) is 9.39. The van der Waals surface area contributed by atoms with E-state index < -0.39 is 0 Å². The van der Waals surface area contributed by atoms with Crippen LogP contribution in [-0.4, -0.2) is 0 Å². The minimum atomic E-state index is 0. The summed E-state index contributed by atoms with van der Waals surface area (Å²) in [7, 11) is 0. The number of benzene rings is 1. The zero-order chi connectivity index (χ0) is 16.5. The Bertz CT molecular complexity index is 405. The SMILES string of the molecule is C.C.C=C/C=C\C(=C/C=C)CC.CC.CC(C)c1ccccc1. The van der Waals surface area contributed by atoms with Gasteiger partial charge in [0.1, 0.15) is 0 Å². The Hall–Kier alpha value is -1.82. The smallest absolute Gasteiger partial charge is 0.0219 e. The predicted octanol–water partition coefficient (Wildman–Crippen LogP) is 8.36. The first-order chi connectivity index (χ1) is 10.2. The van der Waals surface area contributed by atoms with Crippen LogP contribution in [0.25, 0.3) is 0 Å². The van der Waals surface area contributed by atoms with Crippen LogP contribution in [0.3, 0.4) is 0 Å². The molecular weight excluding hydrogens is 276 g/mol. The van der Waals surface area contributed by atoms with E-state index >= 15 is 0 Å². The molecule has 0 amide bonds. The van der Waals surface area contributed by atoms with Gasteiger partial charge in [0.2, 0.25) is 0 Å². The highest BCUT2D eigenvalue weighted by molar-refractivity contribution is 5.24. The summed E-state index contributed by atoms with van der Waals surface area (Å²) in [6.07, 6.45) is 10.6. The summed E-state index contributed by atoms with van der Waals surface area (Å²) in [5.41, 5.74) is 2.69. The first-order valence-electron chi connectivity index (χ1n) is 7.81. The van der Waals surface area contributed by atoms with E-state index in [1.165, 1.54) is 11.1 Å². The van der Waals surface area contributed by atoms with Crippen LogP contribution >= 0.6 is 0 Å².